The quantitative estimate of drug-likeness (QED) is 0.227. The van der Waals surface area contributed by atoms with E-state index in [1.54, 1.807) is 23.9 Å². The highest BCUT2D eigenvalue weighted by atomic mass is 32.2. The molecule has 4 rings (SSSR count). The minimum absolute atomic E-state index is 0.145. The minimum atomic E-state index is -4.71. The van der Waals surface area contributed by atoms with Gasteiger partial charge in [-0.15, -0.1) is 24.9 Å². The lowest BCUT2D eigenvalue weighted by molar-refractivity contribution is -0.274. The predicted molar refractivity (Wildman–Crippen MR) is 142 cm³/mol. The summed E-state index contributed by atoms with van der Waals surface area (Å²) in [6.45, 7) is 6.71. The van der Waals surface area contributed by atoms with Crippen LogP contribution in [0.4, 0.5) is 13.2 Å². The first-order valence-corrected chi connectivity index (χ1v) is 13.1. The average molecular weight is 527 g/mol. The van der Waals surface area contributed by atoms with Gasteiger partial charge in [-0.2, -0.15) is 0 Å². The lowest BCUT2D eigenvalue weighted by atomic mass is 10.1. The minimum Gasteiger partial charge on any atom is -0.406 e. The van der Waals surface area contributed by atoms with Gasteiger partial charge in [0.2, 0.25) is 0 Å². The molecule has 194 valence electrons. The number of rotatable bonds is 9. The number of amides is 1. The molecule has 3 aromatic carbocycles. The van der Waals surface area contributed by atoms with Gasteiger partial charge in [-0.1, -0.05) is 31.2 Å². The van der Waals surface area contributed by atoms with Gasteiger partial charge in [0.15, 0.2) is 0 Å². The van der Waals surface area contributed by atoms with Gasteiger partial charge in [0.05, 0.1) is 0 Å². The fourth-order valence-corrected chi connectivity index (χ4v) is 5.02. The van der Waals surface area contributed by atoms with Crippen molar-refractivity contribution in [3.63, 3.8) is 0 Å². The smallest absolute Gasteiger partial charge is 0.406 e. The first kappa shape index (κ1) is 26.7. The van der Waals surface area contributed by atoms with E-state index in [2.05, 4.69) is 47.5 Å². The summed E-state index contributed by atoms with van der Waals surface area (Å²) in [6, 6.07) is 22.0. The zero-order valence-electron chi connectivity index (χ0n) is 20.9. The van der Waals surface area contributed by atoms with Crippen molar-refractivity contribution in [2.75, 3.05) is 5.75 Å². The third-order valence-electron chi connectivity index (χ3n) is 5.93. The normalized spacial score (nSPS) is 11.8. The Morgan fingerprint density at radius 3 is 2.27 bits per heavy atom. The first-order chi connectivity index (χ1) is 17.6. The van der Waals surface area contributed by atoms with Crippen LogP contribution >= 0.6 is 11.8 Å². The summed E-state index contributed by atoms with van der Waals surface area (Å²) in [5.74, 6) is 0.627. The number of fused-ring (bicyclic) bond motifs is 1. The van der Waals surface area contributed by atoms with E-state index in [4.69, 9.17) is 0 Å². The summed E-state index contributed by atoms with van der Waals surface area (Å²) in [6.07, 6.45) is -4.18. The molecule has 0 radical (unpaired) electrons. The van der Waals surface area contributed by atoms with Crippen LogP contribution in [0, 0.1) is 0 Å². The van der Waals surface area contributed by atoms with Gasteiger partial charge in [0, 0.05) is 46.1 Å². The number of nitrogens with zero attached hydrogens (tertiary/aromatic N) is 1. The van der Waals surface area contributed by atoms with Gasteiger partial charge >= 0.3 is 6.36 Å². The van der Waals surface area contributed by atoms with Crippen LogP contribution in [0.25, 0.3) is 10.9 Å². The Balaban J connectivity index is 1.50. The molecule has 0 aliphatic rings. The molecule has 37 heavy (non-hydrogen) atoms. The number of hydrogen-bond donors (Lipinski definition) is 1. The second-order valence-corrected chi connectivity index (χ2v) is 10.3. The van der Waals surface area contributed by atoms with Crippen molar-refractivity contribution in [1.29, 1.82) is 0 Å². The number of hydrogen-bond acceptors (Lipinski definition) is 3. The van der Waals surface area contributed by atoms with Gasteiger partial charge < -0.3 is 14.6 Å². The molecule has 1 aromatic heterocycles. The van der Waals surface area contributed by atoms with Crippen LogP contribution in [0.15, 0.2) is 77.7 Å². The summed E-state index contributed by atoms with van der Waals surface area (Å²) in [4.78, 5) is 14.1. The van der Waals surface area contributed by atoms with Crippen molar-refractivity contribution < 1.29 is 22.7 Å². The van der Waals surface area contributed by atoms with Crippen LogP contribution < -0.4 is 10.1 Å². The Morgan fingerprint density at radius 2 is 1.65 bits per heavy atom. The molecule has 0 atom stereocenters. The Bertz CT molecular complexity index is 1360. The van der Waals surface area contributed by atoms with E-state index in [0.29, 0.717) is 18.5 Å². The Labute approximate surface area is 218 Å². The SMILES string of the molecule is CCSc1ccc(CNC(=O)c2ccc3c(c2)cc(Cc2ccc(OC(F)(F)F)cc2)n3C(C)C)cc1. The van der Waals surface area contributed by atoms with Crippen LogP contribution in [0.3, 0.4) is 0 Å². The van der Waals surface area contributed by atoms with E-state index in [0.717, 1.165) is 33.5 Å². The van der Waals surface area contributed by atoms with Gasteiger partial charge in [0.25, 0.3) is 5.91 Å². The first-order valence-electron chi connectivity index (χ1n) is 12.1. The molecular formula is C29H29F3N2O2S. The highest BCUT2D eigenvalue weighted by Crippen LogP contribution is 2.28. The monoisotopic (exact) mass is 526 g/mol. The number of carbonyl (C=O) groups is 1. The molecule has 0 saturated heterocycles. The molecule has 0 unspecified atom stereocenters. The maximum absolute atomic E-state index is 12.9. The zero-order chi connectivity index (χ0) is 26.6. The van der Waals surface area contributed by atoms with Crippen molar-refractivity contribution in [3.8, 4) is 5.75 Å². The van der Waals surface area contributed by atoms with Crippen LogP contribution in [0.1, 0.15) is 54.0 Å². The third-order valence-corrected chi connectivity index (χ3v) is 6.82. The van der Waals surface area contributed by atoms with E-state index in [-0.39, 0.29) is 17.7 Å². The van der Waals surface area contributed by atoms with Gasteiger partial charge in [-0.05, 0) is 79.3 Å². The van der Waals surface area contributed by atoms with E-state index in [9.17, 15) is 18.0 Å². The molecule has 0 aliphatic heterocycles. The second kappa shape index (κ2) is 11.3. The maximum Gasteiger partial charge on any atom is 0.573 e. The van der Waals surface area contributed by atoms with Crippen LogP contribution in [0.2, 0.25) is 0 Å². The number of carbonyl (C=O) groups excluding carboxylic acids is 1. The molecule has 0 fully saturated rings. The van der Waals surface area contributed by atoms with Gasteiger partial charge in [0.1, 0.15) is 5.75 Å². The number of halogens is 3. The molecule has 0 bridgehead atoms. The number of aromatic nitrogens is 1. The lowest BCUT2D eigenvalue weighted by Crippen LogP contribution is -2.22. The number of benzene rings is 3. The standard InChI is InChI=1S/C29H29F3N2O2S/c1-4-37-26-12-7-21(8-13-26)18-33-28(35)22-9-14-27-23(16-22)17-24(34(27)19(2)3)15-20-5-10-25(11-6-20)36-29(30,31)32/h5-14,16-17,19H,4,15,18H2,1-3H3,(H,33,35). The molecule has 8 heteroatoms. The van der Waals surface area contributed by atoms with E-state index in [1.807, 2.05) is 36.4 Å². The van der Waals surface area contributed by atoms with Crippen LogP contribution in [-0.4, -0.2) is 22.6 Å². The van der Waals surface area contributed by atoms with E-state index in [1.165, 1.54) is 17.0 Å². The molecule has 4 nitrogen and oxygen atoms in total. The van der Waals surface area contributed by atoms with Crippen molar-refractivity contribution >= 4 is 28.6 Å². The molecule has 0 saturated carbocycles. The summed E-state index contributed by atoms with van der Waals surface area (Å²) in [5.41, 5.74) is 4.49. The summed E-state index contributed by atoms with van der Waals surface area (Å²) in [5, 5.41) is 3.93. The zero-order valence-corrected chi connectivity index (χ0v) is 21.7. The lowest BCUT2D eigenvalue weighted by Gasteiger charge is -2.15. The highest BCUT2D eigenvalue weighted by Gasteiger charge is 2.31. The summed E-state index contributed by atoms with van der Waals surface area (Å²) in [7, 11) is 0. The van der Waals surface area contributed by atoms with Gasteiger partial charge in [-0.25, -0.2) is 0 Å². The number of thioether (sulfide) groups is 1. The molecular weight excluding hydrogens is 497 g/mol. The molecule has 4 aromatic rings. The number of ether oxygens (including phenoxy) is 1. The largest absolute Gasteiger partial charge is 0.573 e. The van der Waals surface area contributed by atoms with E-state index < -0.39 is 6.36 Å². The fraction of sp³-hybridized carbons (Fsp3) is 0.276. The molecule has 1 N–H and O–H groups in total. The number of nitrogens with one attached hydrogen (secondary N) is 1. The number of alkyl halides is 3. The third kappa shape index (κ3) is 6.89. The molecule has 0 aliphatic carbocycles. The molecule has 1 amide bonds. The fourth-order valence-electron chi connectivity index (χ4n) is 4.35. The van der Waals surface area contributed by atoms with Gasteiger partial charge in [-0.3, -0.25) is 4.79 Å². The van der Waals surface area contributed by atoms with Crippen molar-refractivity contribution in [3.05, 3.63) is 95.2 Å². The highest BCUT2D eigenvalue weighted by molar-refractivity contribution is 7.99. The topological polar surface area (TPSA) is 43.3 Å². The second-order valence-electron chi connectivity index (χ2n) is 9.00. The maximum atomic E-state index is 12.9. The average Bonchev–Trinajstić information content (AvgIpc) is 3.21. The van der Waals surface area contributed by atoms with Crippen LogP contribution in [0.5, 0.6) is 5.75 Å². The van der Waals surface area contributed by atoms with Crippen molar-refractivity contribution in [2.24, 2.45) is 0 Å². The Kier molecular flexibility index (Phi) is 8.17. The van der Waals surface area contributed by atoms with Crippen LogP contribution in [-0.2, 0) is 13.0 Å². The Hall–Kier alpha value is -3.39. The summed E-state index contributed by atoms with van der Waals surface area (Å²) >= 11 is 1.78. The molecule has 0 spiro atoms. The predicted octanol–water partition coefficient (Wildman–Crippen LogP) is 7.75. The summed E-state index contributed by atoms with van der Waals surface area (Å²) < 4.78 is 43.5. The van der Waals surface area contributed by atoms with Crippen molar-refractivity contribution in [1.82, 2.24) is 9.88 Å². The van der Waals surface area contributed by atoms with Crippen molar-refractivity contribution in [2.45, 2.75) is 51.0 Å². The van der Waals surface area contributed by atoms with E-state index >= 15 is 0 Å². The Morgan fingerprint density at radius 1 is 0.973 bits per heavy atom. The molecule has 1 heterocycles.